The van der Waals surface area contributed by atoms with Crippen LogP contribution in [0.15, 0.2) is 83.0 Å². The lowest BCUT2D eigenvalue weighted by Crippen LogP contribution is -2.26. The summed E-state index contributed by atoms with van der Waals surface area (Å²) in [7, 11) is 0. The van der Waals surface area contributed by atoms with Gasteiger partial charge in [0.25, 0.3) is 0 Å². The van der Waals surface area contributed by atoms with E-state index in [2.05, 4.69) is 49.2 Å². The lowest BCUT2D eigenvalue weighted by molar-refractivity contribution is 0.00173. The molecule has 1 heterocycles. The fourth-order valence-corrected chi connectivity index (χ4v) is 5.66. The number of thiophene rings is 1. The molecule has 0 aliphatic heterocycles. The minimum absolute atomic E-state index is 0.00502. The number of hydrogen-bond acceptors (Lipinski definition) is 11. The number of azo groups is 1. The van der Waals surface area contributed by atoms with Crippen molar-refractivity contribution in [2.45, 2.75) is 39.8 Å². The van der Waals surface area contributed by atoms with E-state index in [9.17, 15) is 20.1 Å². The molecule has 11 nitrogen and oxygen atoms in total. The third kappa shape index (κ3) is 9.11. The van der Waals surface area contributed by atoms with Crippen LogP contribution in [0.3, 0.4) is 0 Å². The Kier molecular flexibility index (Phi) is 12.5. The van der Waals surface area contributed by atoms with Crippen molar-refractivity contribution in [1.29, 1.82) is 10.5 Å². The van der Waals surface area contributed by atoms with Gasteiger partial charge >= 0.3 is 18.5 Å². The minimum Gasteiger partial charge on any atom is -0.457 e. The van der Waals surface area contributed by atoms with Gasteiger partial charge in [-0.15, -0.1) is 21.6 Å². The second-order valence-corrected chi connectivity index (χ2v) is 11.7. The van der Waals surface area contributed by atoms with Crippen LogP contribution in [0.25, 0.3) is 5.01 Å². The standard InChI is InChI=1S/C36H33N6O5S/c1-24-19-28(15-16-32(24)40-41-34-31(20-37)26(3)33(21-38)48-34)42(22-27-11-6-5-7-12-27)17-10-18-45-23-25(2)46-35(43)29-13-8-9-14-30(29)36(44)47-39-4/h4-9,11-16,19,25H,10,17-18,22-23H2,1-3H3/q+1. The van der Waals surface area contributed by atoms with Crippen LogP contribution in [0.2, 0.25) is 0 Å². The molecule has 242 valence electrons. The number of ether oxygens (including phenoxy) is 2. The van der Waals surface area contributed by atoms with Gasteiger partial charge in [-0.2, -0.15) is 10.5 Å². The average Bonchev–Trinajstić information content (AvgIpc) is 3.41. The summed E-state index contributed by atoms with van der Waals surface area (Å²) in [5, 5.41) is 30.8. The van der Waals surface area contributed by atoms with Crippen LogP contribution in [0.4, 0.5) is 16.4 Å². The quantitative estimate of drug-likeness (QED) is 0.0569. The maximum absolute atomic E-state index is 12.7. The van der Waals surface area contributed by atoms with E-state index in [0.29, 0.717) is 52.8 Å². The first-order valence-electron chi connectivity index (χ1n) is 15.0. The SMILES string of the molecule is C#[N+]OC(=O)c1ccccc1C(=O)OC(C)COCCCN(Cc1ccccc1)c1ccc(N=Nc2sc(C#N)c(C)c2C#N)c(C)c1. The molecule has 48 heavy (non-hydrogen) atoms. The number of nitrogens with zero attached hydrogens (tertiary/aromatic N) is 6. The van der Waals surface area contributed by atoms with E-state index in [4.69, 9.17) is 16.0 Å². The van der Waals surface area contributed by atoms with Gasteiger partial charge in [-0.05, 0) is 74.2 Å². The van der Waals surface area contributed by atoms with Crippen molar-refractivity contribution in [3.63, 3.8) is 0 Å². The molecule has 1 atom stereocenters. The molecule has 0 fully saturated rings. The van der Waals surface area contributed by atoms with E-state index >= 15 is 0 Å². The predicted octanol–water partition coefficient (Wildman–Crippen LogP) is 8.22. The summed E-state index contributed by atoms with van der Waals surface area (Å²) in [6.07, 6.45) is 0.126. The molecular formula is C36H33N6O5S+. The normalized spacial score (nSPS) is 11.2. The first-order chi connectivity index (χ1) is 23.2. The Morgan fingerprint density at radius 3 is 2.35 bits per heavy atom. The van der Waals surface area contributed by atoms with Gasteiger partial charge in [0.1, 0.15) is 23.1 Å². The highest BCUT2D eigenvalue weighted by atomic mass is 32.1. The van der Waals surface area contributed by atoms with Gasteiger partial charge in [0.05, 0.1) is 29.0 Å². The number of aryl methyl sites for hydroxylation is 1. The van der Waals surface area contributed by atoms with E-state index < -0.39 is 18.0 Å². The molecule has 1 aromatic heterocycles. The molecule has 12 heteroatoms. The van der Waals surface area contributed by atoms with Gasteiger partial charge in [0, 0.05) is 25.4 Å². The van der Waals surface area contributed by atoms with E-state index in [1.165, 1.54) is 12.1 Å². The van der Waals surface area contributed by atoms with Gasteiger partial charge in [0.15, 0.2) is 5.00 Å². The van der Waals surface area contributed by atoms with Crippen molar-refractivity contribution >= 4 is 39.7 Å². The highest BCUT2D eigenvalue weighted by molar-refractivity contribution is 7.16. The van der Waals surface area contributed by atoms with Gasteiger partial charge in [-0.1, -0.05) is 47.3 Å². The second kappa shape index (κ2) is 17.2. The number of benzene rings is 3. The van der Waals surface area contributed by atoms with Crippen molar-refractivity contribution in [3.05, 3.63) is 116 Å². The van der Waals surface area contributed by atoms with Gasteiger partial charge in [0.2, 0.25) is 5.01 Å². The van der Waals surface area contributed by atoms with E-state index in [0.717, 1.165) is 28.2 Å². The molecule has 0 N–H and O–H groups in total. The summed E-state index contributed by atoms with van der Waals surface area (Å²) in [4.78, 5) is 32.0. The number of nitriles is 2. The topological polar surface area (TPSA) is 142 Å². The lowest BCUT2D eigenvalue weighted by atomic mass is 10.1. The number of anilines is 1. The zero-order valence-electron chi connectivity index (χ0n) is 26.8. The molecule has 0 bridgehead atoms. The number of rotatable bonds is 14. The van der Waals surface area contributed by atoms with Crippen molar-refractivity contribution in [2.75, 3.05) is 24.7 Å². The molecule has 3 aromatic carbocycles. The summed E-state index contributed by atoms with van der Waals surface area (Å²) in [6, 6.07) is 26.3. The molecule has 0 saturated carbocycles. The zero-order chi connectivity index (χ0) is 34.5. The fraction of sp³-hybridized carbons (Fsp3) is 0.250. The van der Waals surface area contributed by atoms with Gasteiger partial charge < -0.3 is 14.4 Å². The molecule has 0 aliphatic rings. The molecule has 1 unspecified atom stereocenters. The first-order valence-corrected chi connectivity index (χ1v) is 15.8. The fourth-order valence-electron chi connectivity index (χ4n) is 4.78. The Bertz CT molecular complexity index is 1920. The Morgan fingerprint density at radius 1 is 0.979 bits per heavy atom. The van der Waals surface area contributed by atoms with Crippen LogP contribution in [0.1, 0.15) is 61.2 Å². The van der Waals surface area contributed by atoms with Crippen molar-refractivity contribution < 1.29 is 23.9 Å². The highest BCUT2D eigenvalue weighted by Gasteiger charge is 2.23. The number of carbonyl (C=O) groups is 2. The monoisotopic (exact) mass is 661 g/mol. The van der Waals surface area contributed by atoms with Crippen LogP contribution in [0.5, 0.6) is 0 Å². The molecular weight excluding hydrogens is 628 g/mol. The summed E-state index contributed by atoms with van der Waals surface area (Å²) in [6.45, 7) is 12.3. The Hall–Kier alpha value is -5.87. The van der Waals surface area contributed by atoms with Crippen molar-refractivity contribution in [3.8, 4) is 18.7 Å². The predicted molar refractivity (Wildman–Crippen MR) is 182 cm³/mol. The average molecular weight is 662 g/mol. The smallest absolute Gasteiger partial charge is 0.430 e. The summed E-state index contributed by atoms with van der Waals surface area (Å²) in [5.41, 5.74) is 4.73. The number of esters is 1. The van der Waals surface area contributed by atoms with Crippen LogP contribution in [0, 0.1) is 43.1 Å². The molecule has 4 aromatic rings. The van der Waals surface area contributed by atoms with Crippen molar-refractivity contribution in [1.82, 2.24) is 0 Å². The highest BCUT2D eigenvalue weighted by Crippen LogP contribution is 2.36. The van der Waals surface area contributed by atoms with Crippen LogP contribution in [-0.2, 0) is 20.9 Å². The molecule has 0 spiro atoms. The van der Waals surface area contributed by atoms with Gasteiger partial charge in [-0.3, -0.25) is 0 Å². The molecule has 0 radical (unpaired) electrons. The lowest BCUT2D eigenvalue weighted by Gasteiger charge is -2.26. The summed E-state index contributed by atoms with van der Waals surface area (Å²) >= 11 is 1.15. The van der Waals surface area contributed by atoms with Crippen LogP contribution < -0.4 is 4.90 Å². The third-order valence-corrected chi connectivity index (χ3v) is 8.31. The molecule has 0 saturated heterocycles. The maximum Gasteiger partial charge on any atom is 0.430 e. The molecule has 4 rings (SSSR count). The number of hydrogen-bond donors (Lipinski definition) is 0. The largest absolute Gasteiger partial charge is 0.457 e. The summed E-state index contributed by atoms with van der Waals surface area (Å²) in [5.74, 6) is -1.55. The Morgan fingerprint density at radius 2 is 1.69 bits per heavy atom. The first kappa shape index (κ1) is 35.0. The zero-order valence-corrected chi connectivity index (χ0v) is 27.6. The van der Waals surface area contributed by atoms with Crippen LogP contribution in [-0.4, -0.2) is 37.8 Å². The minimum atomic E-state index is -0.860. The summed E-state index contributed by atoms with van der Waals surface area (Å²) < 4.78 is 11.3. The molecule has 0 aliphatic carbocycles. The second-order valence-electron chi connectivity index (χ2n) is 10.7. The van der Waals surface area contributed by atoms with Gasteiger partial charge in [-0.25, -0.2) is 9.59 Å². The van der Waals surface area contributed by atoms with Crippen LogP contribution >= 0.6 is 11.3 Å². The number of carbonyl (C=O) groups excluding carboxylic acids is 2. The maximum atomic E-state index is 12.7. The van der Waals surface area contributed by atoms with E-state index in [1.54, 1.807) is 26.0 Å². The molecule has 0 amide bonds. The van der Waals surface area contributed by atoms with Crippen molar-refractivity contribution in [2.24, 2.45) is 10.2 Å². The van der Waals surface area contributed by atoms with E-state index in [1.807, 2.05) is 43.3 Å². The Labute approximate surface area is 283 Å². The third-order valence-electron chi connectivity index (χ3n) is 7.23. The Balaban J connectivity index is 1.37. The van der Waals surface area contributed by atoms with E-state index in [-0.39, 0.29) is 17.7 Å².